The smallest absolute Gasteiger partial charge is 0.232 e. The lowest BCUT2D eigenvalue weighted by atomic mass is 9.84. The Morgan fingerprint density at radius 1 is 1.16 bits per heavy atom. The highest BCUT2D eigenvalue weighted by molar-refractivity contribution is 5.99. The van der Waals surface area contributed by atoms with Crippen LogP contribution in [-0.2, 0) is 16.1 Å². The maximum absolute atomic E-state index is 12.8. The molecule has 162 valence electrons. The van der Waals surface area contributed by atoms with Crippen LogP contribution < -0.4 is 10.6 Å². The molecule has 4 rings (SSSR count). The summed E-state index contributed by atoms with van der Waals surface area (Å²) in [7, 11) is 0. The van der Waals surface area contributed by atoms with Crippen LogP contribution in [0.3, 0.4) is 0 Å². The van der Waals surface area contributed by atoms with E-state index < -0.39 is 5.54 Å². The number of aliphatic imine (C=N–C) groups is 1. The fourth-order valence-electron chi connectivity index (χ4n) is 4.05. The quantitative estimate of drug-likeness (QED) is 0.800. The van der Waals surface area contributed by atoms with Crippen molar-refractivity contribution in [1.82, 2.24) is 14.9 Å². The molecule has 0 aliphatic carbocycles. The van der Waals surface area contributed by atoms with Gasteiger partial charge in [-0.25, -0.2) is 15.0 Å². The summed E-state index contributed by atoms with van der Waals surface area (Å²) >= 11 is 0. The van der Waals surface area contributed by atoms with Gasteiger partial charge in [-0.3, -0.25) is 19.4 Å². The van der Waals surface area contributed by atoms with Gasteiger partial charge in [0.1, 0.15) is 12.1 Å². The highest BCUT2D eigenvalue weighted by atomic mass is 16.2. The van der Waals surface area contributed by atoms with E-state index in [2.05, 4.69) is 15.0 Å². The van der Waals surface area contributed by atoms with Gasteiger partial charge in [-0.2, -0.15) is 0 Å². The van der Waals surface area contributed by atoms with Gasteiger partial charge in [0.05, 0.1) is 24.2 Å². The highest BCUT2D eigenvalue weighted by Gasteiger charge is 2.38. The second kappa shape index (κ2) is 8.09. The molecule has 0 saturated carbocycles. The zero-order valence-electron chi connectivity index (χ0n) is 18.2. The fraction of sp³-hybridized carbons (Fsp3) is 0.435. The molecular weight excluding hydrogens is 392 g/mol. The van der Waals surface area contributed by atoms with Gasteiger partial charge in [0.2, 0.25) is 11.8 Å². The number of nitrogens with two attached hydrogens (primary N) is 1. The van der Waals surface area contributed by atoms with Gasteiger partial charge in [0, 0.05) is 24.9 Å². The summed E-state index contributed by atoms with van der Waals surface area (Å²) in [4.78, 5) is 41.8. The predicted octanol–water partition coefficient (Wildman–Crippen LogP) is 2.46. The first-order chi connectivity index (χ1) is 14.8. The number of carbonyl (C=O) groups excluding carboxylic acids is 2. The number of hydrogen-bond donors (Lipinski definition) is 1. The molecule has 2 unspecified atom stereocenters. The number of amides is 2. The third-order valence-electron chi connectivity index (χ3n) is 6.40. The minimum atomic E-state index is -0.497. The Labute approximate surface area is 182 Å². The Kier molecular flexibility index (Phi) is 5.47. The van der Waals surface area contributed by atoms with E-state index in [0.717, 1.165) is 5.56 Å². The zero-order valence-corrected chi connectivity index (χ0v) is 18.2. The lowest BCUT2D eigenvalue weighted by Gasteiger charge is -2.37. The normalized spacial score (nSPS) is 24.1. The largest absolute Gasteiger partial charge is 0.369 e. The van der Waals surface area contributed by atoms with Crippen LogP contribution in [0.15, 0.2) is 47.7 Å². The van der Waals surface area contributed by atoms with E-state index in [1.165, 1.54) is 11.2 Å². The monoisotopic (exact) mass is 420 g/mol. The van der Waals surface area contributed by atoms with Crippen molar-refractivity contribution in [2.45, 2.75) is 51.6 Å². The van der Waals surface area contributed by atoms with Gasteiger partial charge in [-0.1, -0.05) is 44.2 Å². The topological polar surface area (TPSA) is 105 Å². The van der Waals surface area contributed by atoms with Gasteiger partial charge in [0.25, 0.3) is 0 Å². The predicted molar refractivity (Wildman–Crippen MR) is 118 cm³/mol. The summed E-state index contributed by atoms with van der Waals surface area (Å²) in [6.07, 6.45) is 2.17. The van der Waals surface area contributed by atoms with Crippen molar-refractivity contribution in [2.24, 2.45) is 16.6 Å². The maximum atomic E-state index is 12.8. The summed E-state index contributed by atoms with van der Waals surface area (Å²) < 4.78 is 0. The second-order valence-electron chi connectivity index (χ2n) is 8.82. The molecule has 3 heterocycles. The van der Waals surface area contributed by atoms with Crippen LogP contribution in [0.2, 0.25) is 0 Å². The molecule has 2 amide bonds. The van der Waals surface area contributed by atoms with Crippen LogP contribution in [0, 0.1) is 5.92 Å². The first-order valence-corrected chi connectivity index (χ1v) is 10.6. The van der Waals surface area contributed by atoms with E-state index in [9.17, 15) is 9.59 Å². The first kappa shape index (κ1) is 21.0. The molecule has 0 bridgehead atoms. The number of carbonyl (C=O) groups is 2. The van der Waals surface area contributed by atoms with Crippen molar-refractivity contribution in [3.63, 3.8) is 0 Å². The Balaban J connectivity index is 1.52. The summed E-state index contributed by atoms with van der Waals surface area (Å²) in [6, 6.07) is 11.8. The molecule has 1 saturated heterocycles. The van der Waals surface area contributed by atoms with E-state index in [-0.39, 0.29) is 36.2 Å². The standard InChI is InChI=1S/C23H28N6O2/c1-15(2)23(3)11-21(31)29(22(24)27-23)13-18-10-19(26-14-25-18)28-12-17(9-20(28)30)16-7-5-4-6-8-16/h4-8,10,14-15,17H,9,11-13H2,1-3H3,(H2,24,27). The van der Waals surface area contributed by atoms with E-state index >= 15 is 0 Å². The average molecular weight is 421 g/mol. The number of aromatic nitrogens is 2. The number of anilines is 1. The van der Waals surface area contributed by atoms with Crippen molar-refractivity contribution < 1.29 is 9.59 Å². The van der Waals surface area contributed by atoms with Crippen LogP contribution in [0.5, 0.6) is 0 Å². The molecule has 2 aromatic rings. The lowest BCUT2D eigenvalue weighted by Crippen LogP contribution is -2.51. The van der Waals surface area contributed by atoms with E-state index in [0.29, 0.717) is 30.9 Å². The molecule has 1 aromatic carbocycles. The van der Waals surface area contributed by atoms with Crippen molar-refractivity contribution in [3.05, 3.63) is 54.0 Å². The number of rotatable bonds is 5. The highest BCUT2D eigenvalue weighted by Crippen LogP contribution is 2.32. The van der Waals surface area contributed by atoms with Crippen molar-refractivity contribution in [2.75, 3.05) is 11.4 Å². The minimum absolute atomic E-state index is 0.0290. The third-order valence-corrected chi connectivity index (χ3v) is 6.40. The van der Waals surface area contributed by atoms with Crippen molar-refractivity contribution in [1.29, 1.82) is 0 Å². The minimum Gasteiger partial charge on any atom is -0.369 e. The van der Waals surface area contributed by atoms with Gasteiger partial charge >= 0.3 is 0 Å². The Bertz CT molecular complexity index is 1020. The summed E-state index contributed by atoms with van der Waals surface area (Å²) in [5, 5.41) is 0. The van der Waals surface area contributed by atoms with Gasteiger partial charge < -0.3 is 5.73 Å². The molecule has 1 fully saturated rings. The van der Waals surface area contributed by atoms with Crippen LogP contribution in [-0.4, -0.2) is 44.7 Å². The number of nitrogens with zero attached hydrogens (tertiary/aromatic N) is 5. The molecule has 31 heavy (non-hydrogen) atoms. The molecule has 8 nitrogen and oxygen atoms in total. The summed E-state index contributed by atoms with van der Waals surface area (Å²) in [5.74, 6) is 1.02. The van der Waals surface area contributed by atoms with E-state index in [4.69, 9.17) is 5.73 Å². The molecule has 0 radical (unpaired) electrons. The van der Waals surface area contributed by atoms with Crippen LogP contribution >= 0.6 is 0 Å². The van der Waals surface area contributed by atoms with Crippen molar-refractivity contribution >= 4 is 23.6 Å². The molecule has 8 heteroatoms. The molecule has 2 aliphatic heterocycles. The SMILES string of the molecule is CC(C)C1(C)CC(=O)N(Cc2cc(N3CC(c4ccccc4)CC3=O)ncn2)C(N)=N1. The van der Waals surface area contributed by atoms with Crippen LogP contribution in [0.1, 0.15) is 50.8 Å². The van der Waals surface area contributed by atoms with Crippen LogP contribution in [0.25, 0.3) is 0 Å². The van der Waals surface area contributed by atoms with E-state index in [1.54, 1.807) is 11.0 Å². The van der Waals surface area contributed by atoms with Crippen LogP contribution in [0.4, 0.5) is 5.82 Å². The third kappa shape index (κ3) is 4.15. The summed E-state index contributed by atoms with van der Waals surface area (Å²) in [6.45, 7) is 6.78. The van der Waals surface area contributed by atoms with Gasteiger partial charge in [-0.05, 0) is 18.4 Å². The molecule has 2 N–H and O–H groups in total. The second-order valence-corrected chi connectivity index (χ2v) is 8.82. The Morgan fingerprint density at radius 3 is 2.58 bits per heavy atom. The van der Waals surface area contributed by atoms with Gasteiger partial charge in [-0.15, -0.1) is 0 Å². The zero-order chi connectivity index (χ0) is 22.2. The van der Waals surface area contributed by atoms with Gasteiger partial charge in [0.15, 0.2) is 5.96 Å². The summed E-state index contributed by atoms with van der Waals surface area (Å²) in [5.41, 5.74) is 7.40. The molecular formula is C23H28N6O2. The van der Waals surface area contributed by atoms with Crippen molar-refractivity contribution in [3.8, 4) is 0 Å². The number of hydrogen-bond acceptors (Lipinski definition) is 6. The lowest BCUT2D eigenvalue weighted by molar-refractivity contribution is -0.130. The van der Waals surface area contributed by atoms with E-state index in [1.807, 2.05) is 51.1 Å². The first-order valence-electron chi connectivity index (χ1n) is 10.6. The molecule has 2 atom stereocenters. The molecule has 0 spiro atoms. The molecule has 2 aliphatic rings. The number of benzene rings is 1. The Hall–Kier alpha value is -3.29. The maximum Gasteiger partial charge on any atom is 0.232 e. The average Bonchev–Trinajstić information content (AvgIpc) is 3.13. The number of guanidine groups is 1. The fourth-order valence-corrected chi connectivity index (χ4v) is 4.05. The Morgan fingerprint density at radius 2 is 1.90 bits per heavy atom. The molecule has 1 aromatic heterocycles.